The predicted octanol–water partition coefficient (Wildman–Crippen LogP) is 2.84. The lowest BCUT2D eigenvalue weighted by Crippen LogP contribution is -2.40. The van der Waals surface area contributed by atoms with Crippen molar-refractivity contribution in [1.29, 1.82) is 5.26 Å². The minimum Gasteiger partial charge on any atom is -0.496 e. The lowest BCUT2D eigenvalue weighted by molar-refractivity contribution is 0.219. The maximum Gasteiger partial charge on any atom is 0.123 e. The van der Waals surface area contributed by atoms with E-state index < -0.39 is 5.41 Å². The van der Waals surface area contributed by atoms with Gasteiger partial charge in [0.1, 0.15) is 5.75 Å². The molecule has 3 nitrogen and oxygen atoms in total. The van der Waals surface area contributed by atoms with Gasteiger partial charge in [-0.3, -0.25) is 0 Å². The number of nitrogens with zero attached hydrogens (tertiary/aromatic N) is 2. The monoisotopic (exact) mass is 264 g/mol. The summed E-state index contributed by atoms with van der Waals surface area (Å²) in [5, 5.41) is 10.3. The minimum atomic E-state index is -0.469. The molecule has 0 spiro atoms. The molecule has 1 aromatic rings. The molecule has 0 unspecified atom stereocenters. The molecule has 0 saturated carbocycles. The zero-order valence-corrected chi connectivity index (χ0v) is 11.5. The van der Waals surface area contributed by atoms with Gasteiger partial charge < -0.3 is 9.64 Å². The van der Waals surface area contributed by atoms with Crippen molar-refractivity contribution in [3.8, 4) is 11.8 Å². The highest BCUT2D eigenvalue weighted by Gasteiger charge is 2.38. The van der Waals surface area contributed by atoms with Crippen LogP contribution < -0.4 is 4.74 Å². The lowest BCUT2D eigenvalue weighted by Gasteiger charge is -2.36. The molecular formula is C14H17ClN2O. The summed E-state index contributed by atoms with van der Waals surface area (Å²) in [6.45, 7) is 1.84. The van der Waals surface area contributed by atoms with Crippen molar-refractivity contribution in [2.45, 2.75) is 18.3 Å². The van der Waals surface area contributed by atoms with Gasteiger partial charge in [-0.2, -0.15) is 5.26 Å². The summed E-state index contributed by atoms with van der Waals surface area (Å²) in [6.07, 6.45) is 1.63. The van der Waals surface area contributed by atoms with Crippen molar-refractivity contribution in [2.75, 3.05) is 27.2 Å². The molecule has 1 aromatic carbocycles. The first-order valence-corrected chi connectivity index (χ1v) is 6.43. The Bertz CT molecular complexity index is 473. The number of piperidine rings is 1. The number of nitriles is 1. The van der Waals surface area contributed by atoms with Crippen LogP contribution in [0.1, 0.15) is 18.4 Å². The molecule has 96 valence electrons. The molecule has 0 N–H and O–H groups in total. The summed E-state index contributed by atoms with van der Waals surface area (Å²) in [6, 6.07) is 8.00. The number of benzene rings is 1. The van der Waals surface area contributed by atoms with Gasteiger partial charge in [0, 0.05) is 10.6 Å². The largest absolute Gasteiger partial charge is 0.496 e. The second-order valence-corrected chi connectivity index (χ2v) is 5.28. The third-order valence-corrected chi connectivity index (χ3v) is 3.97. The fourth-order valence-electron chi connectivity index (χ4n) is 2.50. The fraction of sp³-hybridized carbons (Fsp3) is 0.500. The number of rotatable bonds is 2. The Morgan fingerprint density at radius 3 is 2.61 bits per heavy atom. The first kappa shape index (κ1) is 13.2. The van der Waals surface area contributed by atoms with Gasteiger partial charge in [-0.1, -0.05) is 11.6 Å². The van der Waals surface area contributed by atoms with Crippen molar-refractivity contribution in [2.24, 2.45) is 0 Å². The summed E-state index contributed by atoms with van der Waals surface area (Å²) in [4.78, 5) is 2.24. The van der Waals surface area contributed by atoms with Crippen LogP contribution >= 0.6 is 11.6 Å². The van der Waals surface area contributed by atoms with E-state index in [9.17, 15) is 5.26 Å². The second kappa shape index (κ2) is 5.17. The number of halogens is 1. The number of ether oxygens (including phenoxy) is 1. The Labute approximate surface area is 113 Å². The smallest absolute Gasteiger partial charge is 0.123 e. The molecule has 4 heteroatoms. The fourth-order valence-corrected chi connectivity index (χ4v) is 2.67. The zero-order valence-electron chi connectivity index (χ0n) is 10.7. The first-order valence-electron chi connectivity index (χ1n) is 6.05. The van der Waals surface area contributed by atoms with Gasteiger partial charge in [0.25, 0.3) is 0 Å². The van der Waals surface area contributed by atoms with Crippen LogP contribution in [0.15, 0.2) is 18.2 Å². The number of hydrogen-bond donors (Lipinski definition) is 0. The highest BCUT2D eigenvalue weighted by Crippen LogP contribution is 2.40. The molecular weight excluding hydrogens is 248 g/mol. The van der Waals surface area contributed by atoms with Crippen LogP contribution in [0.4, 0.5) is 0 Å². The summed E-state index contributed by atoms with van der Waals surface area (Å²) in [5.74, 6) is 0.755. The Balaban J connectivity index is 2.44. The maximum atomic E-state index is 9.62. The third kappa shape index (κ3) is 2.31. The van der Waals surface area contributed by atoms with Crippen LogP contribution in [0.3, 0.4) is 0 Å². The highest BCUT2D eigenvalue weighted by molar-refractivity contribution is 6.30. The Kier molecular flexibility index (Phi) is 3.79. The molecule has 1 heterocycles. The van der Waals surface area contributed by atoms with Crippen molar-refractivity contribution in [3.05, 3.63) is 28.8 Å². The van der Waals surface area contributed by atoms with E-state index in [4.69, 9.17) is 16.3 Å². The molecule has 0 aromatic heterocycles. The molecule has 1 aliphatic rings. The molecule has 1 saturated heterocycles. The summed E-state index contributed by atoms with van der Waals surface area (Å²) < 4.78 is 5.38. The Morgan fingerprint density at radius 1 is 1.39 bits per heavy atom. The van der Waals surface area contributed by atoms with E-state index in [1.807, 2.05) is 12.1 Å². The van der Waals surface area contributed by atoms with E-state index in [2.05, 4.69) is 18.0 Å². The van der Waals surface area contributed by atoms with Gasteiger partial charge in [0.05, 0.1) is 18.6 Å². The van der Waals surface area contributed by atoms with Crippen molar-refractivity contribution < 1.29 is 4.74 Å². The van der Waals surface area contributed by atoms with Crippen LogP contribution in [0.5, 0.6) is 5.75 Å². The average Bonchev–Trinajstić information content (AvgIpc) is 2.40. The summed E-state index contributed by atoms with van der Waals surface area (Å²) in [5.41, 5.74) is 0.455. The molecule has 0 bridgehead atoms. The topological polar surface area (TPSA) is 36.3 Å². The van der Waals surface area contributed by atoms with E-state index >= 15 is 0 Å². The maximum absolute atomic E-state index is 9.62. The third-order valence-electron chi connectivity index (χ3n) is 3.73. The molecule has 1 fully saturated rings. The molecule has 0 aliphatic carbocycles. The Hall–Kier alpha value is -1.24. The molecule has 2 rings (SSSR count). The number of methoxy groups -OCH3 is 1. The van der Waals surface area contributed by atoms with Gasteiger partial charge in [-0.25, -0.2) is 0 Å². The minimum absolute atomic E-state index is 0.469. The van der Waals surface area contributed by atoms with Crippen molar-refractivity contribution in [1.82, 2.24) is 4.90 Å². The van der Waals surface area contributed by atoms with Crippen LogP contribution in [0.25, 0.3) is 0 Å². The molecule has 0 atom stereocenters. The van der Waals surface area contributed by atoms with Crippen molar-refractivity contribution >= 4 is 11.6 Å². The molecule has 1 aliphatic heterocycles. The molecule has 0 amide bonds. The van der Waals surface area contributed by atoms with Crippen molar-refractivity contribution in [3.63, 3.8) is 0 Å². The van der Waals surface area contributed by atoms with Gasteiger partial charge in [-0.05, 0) is 51.2 Å². The Morgan fingerprint density at radius 2 is 2.06 bits per heavy atom. The van der Waals surface area contributed by atoms with Crippen LogP contribution in [0, 0.1) is 11.3 Å². The summed E-state index contributed by atoms with van der Waals surface area (Å²) in [7, 11) is 3.71. The SMILES string of the molecule is COc1ccc(Cl)cc1C1(C#N)CCN(C)CC1. The van der Waals surface area contributed by atoms with Gasteiger partial charge in [0.2, 0.25) is 0 Å². The van der Waals surface area contributed by atoms with E-state index in [1.165, 1.54) is 0 Å². The van der Waals surface area contributed by atoms with Gasteiger partial charge >= 0.3 is 0 Å². The van der Waals surface area contributed by atoms with Gasteiger partial charge in [-0.15, -0.1) is 0 Å². The van der Waals surface area contributed by atoms with Crippen LogP contribution in [-0.2, 0) is 5.41 Å². The van der Waals surface area contributed by atoms with Crippen LogP contribution in [0.2, 0.25) is 5.02 Å². The summed E-state index contributed by atoms with van der Waals surface area (Å²) >= 11 is 6.07. The van der Waals surface area contributed by atoms with E-state index in [-0.39, 0.29) is 0 Å². The van der Waals surface area contributed by atoms with E-state index in [1.54, 1.807) is 13.2 Å². The predicted molar refractivity (Wildman–Crippen MR) is 72.0 cm³/mol. The van der Waals surface area contributed by atoms with Crippen LogP contribution in [-0.4, -0.2) is 32.1 Å². The van der Waals surface area contributed by atoms with E-state index in [0.717, 1.165) is 37.2 Å². The average molecular weight is 265 g/mol. The number of likely N-dealkylation sites (tertiary alicyclic amines) is 1. The molecule has 0 radical (unpaired) electrons. The highest BCUT2D eigenvalue weighted by atomic mass is 35.5. The van der Waals surface area contributed by atoms with Gasteiger partial charge in [0.15, 0.2) is 0 Å². The second-order valence-electron chi connectivity index (χ2n) is 4.84. The lowest BCUT2D eigenvalue weighted by atomic mass is 9.73. The van der Waals surface area contributed by atoms with E-state index in [0.29, 0.717) is 5.02 Å². The molecule has 18 heavy (non-hydrogen) atoms. The number of hydrogen-bond acceptors (Lipinski definition) is 3. The zero-order chi connectivity index (χ0) is 13.2. The standard InChI is InChI=1S/C14H17ClN2O/c1-17-7-5-14(10-16,6-8-17)12-9-11(15)3-4-13(12)18-2/h3-4,9H,5-8H2,1-2H3. The first-order chi connectivity index (χ1) is 8.61. The quantitative estimate of drug-likeness (QED) is 0.824. The normalized spacial score (nSPS) is 19.2.